The first-order valence-corrected chi connectivity index (χ1v) is 13.8. The first-order chi connectivity index (χ1) is 17.0. The number of carbonyl (C=O) groups is 3. The van der Waals surface area contributed by atoms with Gasteiger partial charge in [0.15, 0.2) is 6.10 Å². The van der Waals surface area contributed by atoms with Crippen molar-refractivity contribution in [3.8, 4) is 0 Å². The summed E-state index contributed by atoms with van der Waals surface area (Å²) in [6.07, 6.45) is -4.22. The summed E-state index contributed by atoms with van der Waals surface area (Å²) < 4.78 is 29.0. The molecule has 4 atom stereocenters. The zero-order valence-electron chi connectivity index (χ0n) is 21.6. The zero-order valence-corrected chi connectivity index (χ0v) is 22.6. The first kappa shape index (κ1) is 27.6. The molecule has 0 spiro atoms. The van der Waals surface area contributed by atoms with Gasteiger partial charge in [-0.3, -0.25) is 14.4 Å². The lowest BCUT2D eigenvalue weighted by molar-refractivity contribution is -0.196. The quantitative estimate of drug-likeness (QED) is 0.301. The van der Waals surface area contributed by atoms with Crippen molar-refractivity contribution < 1.29 is 37.8 Å². The van der Waals surface area contributed by atoms with Gasteiger partial charge in [-0.05, 0) is 15.4 Å². The second-order valence-electron chi connectivity index (χ2n) is 9.77. The number of rotatable bonds is 8. The number of hydrogen-bond acceptors (Lipinski definition) is 8. The van der Waals surface area contributed by atoms with Crippen molar-refractivity contribution in [3.05, 3.63) is 60.7 Å². The molecule has 1 fully saturated rings. The Hall–Kier alpha value is -3.01. The van der Waals surface area contributed by atoms with Crippen LogP contribution < -0.4 is 10.4 Å². The van der Waals surface area contributed by atoms with Crippen molar-refractivity contribution >= 4 is 36.6 Å². The number of carbonyl (C=O) groups excluding carboxylic acids is 3. The highest BCUT2D eigenvalue weighted by molar-refractivity contribution is 6.99. The highest BCUT2D eigenvalue weighted by Gasteiger charge is 2.54. The number of ether oxygens (including phenoxy) is 4. The van der Waals surface area contributed by atoms with E-state index in [0.29, 0.717) is 0 Å². The van der Waals surface area contributed by atoms with E-state index in [1.54, 1.807) is 0 Å². The van der Waals surface area contributed by atoms with Crippen LogP contribution in [0.15, 0.2) is 60.7 Å². The Morgan fingerprint density at radius 1 is 0.750 bits per heavy atom. The minimum absolute atomic E-state index is 0.0146. The largest absolute Gasteiger partial charge is 0.455 e. The number of benzene rings is 2. The van der Waals surface area contributed by atoms with Gasteiger partial charge < -0.3 is 23.4 Å². The molecule has 1 unspecified atom stereocenters. The van der Waals surface area contributed by atoms with Crippen LogP contribution in [0.4, 0.5) is 0 Å². The van der Waals surface area contributed by atoms with Crippen molar-refractivity contribution in [1.29, 1.82) is 0 Å². The van der Waals surface area contributed by atoms with Crippen molar-refractivity contribution in [2.24, 2.45) is 0 Å². The van der Waals surface area contributed by atoms with E-state index in [9.17, 15) is 14.4 Å². The Bertz CT molecular complexity index is 1010. The van der Waals surface area contributed by atoms with Gasteiger partial charge >= 0.3 is 17.9 Å². The molecule has 194 valence electrons. The second-order valence-corrected chi connectivity index (χ2v) is 14.1. The summed E-state index contributed by atoms with van der Waals surface area (Å²) in [7, 11) is -2.93. The van der Waals surface area contributed by atoms with E-state index in [1.165, 1.54) is 20.8 Å². The third-order valence-electron chi connectivity index (χ3n) is 6.03. The summed E-state index contributed by atoms with van der Waals surface area (Å²) in [5.41, 5.74) is 0. The van der Waals surface area contributed by atoms with Gasteiger partial charge in [-0.1, -0.05) is 81.4 Å². The molecule has 0 aliphatic carbocycles. The van der Waals surface area contributed by atoms with Crippen LogP contribution >= 0.6 is 0 Å². The molecule has 0 bridgehead atoms. The lowest BCUT2D eigenvalue weighted by Gasteiger charge is -2.43. The number of hydrogen-bond donors (Lipinski definition) is 0. The zero-order chi connectivity index (χ0) is 26.5. The van der Waals surface area contributed by atoms with Crippen LogP contribution in [0, 0.1) is 0 Å². The average Bonchev–Trinajstić information content (AvgIpc) is 3.09. The molecule has 1 saturated heterocycles. The van der Waals surface area contributed by atoms with Crippen LogP contribution in [0.3, 0.4) is 0 Å². The SMILES string of the molecule is CC(=O)OC1O[C@H](CO[Si](c2ccccc2)(c2ccccc2)C(C)(C)C)[C@@H](OC(C)=O)[C@@H]1OC(C)=O. The lowest BCUT2D eigenvalue weighted by atomic mass is 10.1. The van der Waals surface area contributed by atoms with E-state index in [0.717, 1.165) is 10.4 Å². The molecule has 0 amide bonds. The molecule has 0 radical (unpaired) electrons. The van der Waals surface area contributed by atoms with Gasteiger partial charge in [-0.2, -0.15) is 0 Å². The Balaban J connectivity index is 2.03. The van der Waals surface area contributed by atoms with E-state index in [-0.39, 0.29) is 11.6 Å². The minimum atomic E-state index is -2.93. The minimum Gasteiger partial charge on any atom is -0.455 e. The first-order valence-electron chi connectivity index (χ1n) is 11.9. The van der Waals surface area contributed by atoms with Crippen LogP contribution in [0.2, 0.25) is 5.04 Å². The topological polar surface area (TPSA) is 97.4 Å². The smallest absolute Gasteiger partial charge is 0.305 e. The van der Waals surface area contributed by atoms with Gasteiger partial charge in [-0.15, -0.1) is 0 Å². The molecule has 1 aliphatic heterocycles. The van der Waals surface area contributed by atoms with Crippen LogP contribution in [-0.2, 0) is 37.8 Å². The summed E-state index contributed by atoms with van der Waals surface area (Å²) in [6, 6.07) is 20.1. The maximum absolute atomic E-state index is 12.0. The van der Waals surface area contributed by atoms with Crippen LogP contribution in [0.25, 0.3) is 0 Å². The molecule has 1 heterocycles. The van der Waals surface area contributed by atoms with Gasteiger partial charge in [0, 0.05) is 20.8 Å². The summed E-state index contributed by atoms with van der Waals surface area (Å²) in [4.78, 5) is 35.5. The summed E-state index contributed by atoms with van der Waals surface area (Å²) in [5, 5.41) is 1.84. The van der Waals surface area contributed by atoms with E-state index in [1.807, 2.05) is 36.4 Å². The maximum Gasteiger partial charge on any atom is 0.305 e. The van der Waals surface area contributed by atoms with Gasteiger partial charge in [0.2, 0.25) is 12.4 Å². The molecule has 2 aromatic carbocycles. The molecule has 8 nitrogen and oxygen atoms in total. The van der Waals surface area contributed by atoms with Gasteiger partial charge in [0.25, 0.3) is 8.32 Å². The Labute approximate surface area is 213 Å². The Morgan fingerprint density at radius 3 is 1.61 bits per heavy atom. The van der Waals surface area contributed by atoms with E-state index in [2.05, 4.69) is 45.0 Å². The summed E-state index contributed by atoms with van der Waals surface area (Å²) >= 11 is 0. The molecule has 1 aliphatic rings. The Kier molecular flexibility index (Phi) is 8.70. The van der Waals surface area contributed by atoms with Crippen LogP contribution in [0.5, 0.6) is 0 Å². The third-order valence-corrected chi connectivity index (χ3v) is 11.0. The molecule has 0 aromatic heterocycles. The standard InChI is InChI=1S/C27H34O8Si/c1-18(28)32-24-23(35-26(34-20(3)30)25(24)33-19(2)29)17-31-36(27(4,5)6,21-13-9-7-10-14-21)22-15-11-8-12-16-22/h7-16,23-26H,17H2,1-6H3/t23-,24-,25+,26?/m1/s1. The van der Waals surface area contributed by atoms with Crippen molar-refractivity contribution in [3.63, 3.8) is 0 Å². The van der Waals surface area contributed by atoms with Crippen molar-refractivity contribution in [2.75, 3.05) is 6.61 Å². The fourth-order valence-electron chi connectivity index (χ4n) is 4.70. The number of esters is 3. The molecule has 9 heteroatoms. The monoisotopic (exact) mass is 514 g/mol. The van der Waals surface area contributed by atoms with Crippen LogP contribution in [0.1, 0.15) is 41.5 Å². The molecule has 3 rings (SSSR count). The Morgan fingerprint density at radius 2 is 1.19 bits per heavy atom. The molecular weight excluding hydrogens is 480 g/mol. The second kappa shape index (κ2) is 11.4. The summed E-state index contributed by atoms with van der Waals surface area (Å²) in [6.45, 7) is 10.1. The predicted octanol–water partition coefficient (Wildman–Crippen LogP) is 2.71. The van der Waals surface area contributed by atoms with Gasteiger partial charge in [0.1, 0.15) is 6.10 Å². The fourth-order valence-corrected chi connectivity index (χ4v) is 9.27. The molecule has 2 aromatic rings. The molecule has 0 N–H and O–H groups in total. The summed E-state index contributed by atoms with van der Waals surface area (Å²) in [5.74, 6) is -1.82. The van der Waals surface area contributed by atoms with E-state index < -0.39 is 50.8 Å². The van der Waals surface area contributed by atoms with Crippen molar-refractivity contribution in [1.82, 2.24) is 0 Å². The van der Waals surface area contributed by atoms with Gasteiger partial charge in [0.05, 0.1) is 6.61 Å². The van der Waals surface area contributed by atoms with E-state index >= 15 is 0 Å². The maximum atomic E-state index is 12.0. The highest BCUT2D eigenvalue weighted by Crippen LogP contribution is 2.38. The average molecular weight is 515 g/mol. The van der Waals surface area contributed by atoms with Crippen molar-refractivity contribution in [2.45, 2.75) is 71.2 Å². The highest BCUT2D eigenvalue weighted by atomic mass is 28.4. The molecule has 36 heavy (non-hydrogen) atoms. The van der Waals surface area contributed by atoms with Gasteiger partial charge in [-0.25, -0.2) is 0 Å². The molecule has 0 saturated carbocycles. The normalized spacial score (nSPS) is 22.1. The van der Waals surface area contributed by atoms with Crippen LogP contribution in [-0.4, -0.2) is 57.4 Å². The van der Waals surface area contributed by atoms with E-state index in [4.69, 9.17) is 23.4 Å². The lowest BCUT2D eigenvalue weighted by Crippen LogP contribution is -2.67. The predicted molar refractivity (Wildman–Crippen MR) is 135 cm³/mol. The third kappa shape index (κ3) is 6.03. The molecular formula is C27H34O8Si. The fraction of sp³-hybridized carbons (Fsp3) is 0.444.